The molecule has 8 nitrogen and oxygen atoms in total. The fourth-order valence-corrected chi connectivity index (χ4v) is 2.64. The van der Waals surface area contributed by atoms with Crippen molar-refractivity contribution < 1.29 is 4.92 Å². The van der Waals surface area contributed by atoms with Gasteiger partial charge in [-0.2, -0.15) is 5.10 Å². The molecule has 0 fully saturated rings. The molecule has 0 radical (unpaired) electrons. The molecule has 2 aromatic heterocycles. The molecule has 3 rings (SSSR count). The van der Waals surface area contributed by atoms with Gasteiger partial charge in [0, 0.05) is 7.05 Å². The summed E-state index contributed by atoms with van der Waals surface area (Å²) in [5, 5.41) is 15.8. The third-order valence-corrected chi connectivity index (χ3v) is 3.89. The van der Waals surface area contributed by atoms with E-state index >= 15 is 0 Å². The van der Waals surface area contributed by atoms with Gasteiger partial charge in [0.25, 0.3) is 5.56 Å². The number of nitro groups is 1. The molecule has 0 bridgehead atoms. The van der Waals surface area contributed by atoms with Crippen LogP contribution in [0.1, 0.15) is 17.2 Å². The Labute approximate surface area is 131 Å². The highest BCUT2D eigenvalue weighted by Gasteiger charge is 2.22. The summed E-state index contributed by atoms with van der Waals surface area (Å²) < 4.78 is 2.95. The van der Waals surface area contributed by atoms with Gasteiger partial charge >= 0.3 is 5.69 Å². The molecule has 0 unspecified atom stereocenters. The topological polar surface area (TPSA) is 95.8 Å². The Morgan fingerprint density at radius 1 is 1.26 bits per heavy atom. The van der Waals surface area contributed by atoms with Crippen molar-refractivity contribution in [2.45, 2.75) is 20.4 Å². The molecular weight excluding hydrogens is 298 g/mol. The van der Waals surface area contributed by atoms with Gasteiger partial charge in [0.05, 0.1) is 22.4 Å². The second-order valence-electron chi connectivity index (χ2n) is 5.34. The zero-order chi connectivity index (χ0) is 16.7. The van der Waals surface area contributed by atoms with Crippen molar-refractivity contribution in [3.8, 4) is 0 Å². The lowest BCUT2D eigenvalue weighted by molar-refractivity contribution is -0.386. The van der Waals surface area contributed by atoms with Crippen LogP contribution in [0.5, 0.6) is 0 Å². The van der Waals surface area contributed by atoms with E-state index in [1.807, 2.05) is 6.07 Å². The Balaban J connectivity index is 2.13. The van der Waals surface area contributed by atoms with E-state index in [0.29, 0.717) is 28.1 Å². The first-order valence-corrected chi connectivity index (χ1v) is 7.03. The summed E-state index contributed by atoms with van der Waals surface area (Å²) in [5.41, 5.74) is 1.23. The SMILES string of the molecule is Cc1nn(Cc2nc3ccccc3c(=O)n2C)c(C)c1[N+](=O)[O-]. The summed E-state index contributed by atoms with van der Waals surface area (Å²) in [5.74, 6) is 0.495. The lowest BCUT2D eigenvalue weighted by atomic mass is 10.2. The third-order valence-electron chi connectivity index (χ3n) is 3.89. The van der Waals surface area contributed by atoms with E-state index in [4.69, 9.17) is 0 Å². The molecule has 0 spiro atoms. The number of rotatable bonds is 3. The van der Waals surface area contributed by atoms with Crippen molar-refractivity contribution in [3.05, 3.63) is 61.9 Å². The van der Waals surface area contributed by atoms with Crippen molar-refractivity contribution in [3.63, 3.8) is 0 Å². The number of fused-ring (bicyclic) bond motifs is 1. The molecule has 0 saturated carbocycles. The second-order valence-corrected chi connectivity index (χ2v) is 5.34. The van der Waals surface area contributed by atoms with Gasteiger partial charge in [-0.1, -0.05) is 12.1 Å². The minimum Gasteiger partial charge on any atom is -0.298 e. The first-order chi connectivity index (χ1) is 10.9. The number of nitrogens with zero attached hydrogens (tertiary/aromatic N) is 5. The van der Waals surface area contributed by atoms with E-state index < -0.39 is 4.92 Å². The summed E-state index contributed by atoms with van der Waals surface area (Å²) in [6, 6.07) is 7.09. The lowest BCUT2D eigenvalue weighted by Gasteiger charge is -2.10. The van der Waals surface area contributed by atoms with Gasteiger partial charge in [0.1, 0.15) is 17.2 Å². The van der Waals surface area contributed by atoms with Crippen molar-refractivity contribution in [2.24, 2.45) is 7.05 Å². The molecule has 8 heteroatoms. The van der Waals surface area contributed by atoms with E-state index in [2.05, 4.69) is 10.1 Å². The monoisotopic (exact) mass is 313 g/mol. The third kappa shape index (κ3) is 2.37. The van der Waals surface area contributed by atoms with Gasteiger partial charge in [-0.3, -0.25) is 24.2 Å². The molecule has 0 N–H and O–H groups in total. The van der Waals surface area contributed by atoms with E-state index in [9.17, 15) is 14.9 Å². The summed E-state index contributed by atoms with van der Waals surface area (Å²) >= 11 is 0. The van der Waals surface area contributed by atoms with Gasteiger partial charge in [0.2, 0.25) is 0 Å². The predicted molar refractivity (Wildman–Crippen MR) is 84.4 cm³/mol. The number of hydrogen-bond donors (Lipinski definition) is 0. The summed E-state index contributed by atoms with van der Waals surface area (Å²) in [7, 11) is 1.64. The Hall–Kier alpha value is -3.03. The molecule has 1 aromatic carbocycles. The standard InChI is InChI=1S/C15H15N5O3/c1-9-14(20(22)23)10(2)19(17-9)8-13-16-12-7-5-4-6-11(12)15(21)18(13)3/h4-7H,8H2,1-3H3. The maximum absolute atomic E-state index is 12.4. The number of aryl methyl sites for hydroxylation is 1. The minimum absolute atomic E-state index is 0.00390. The largest absolute Gasteiger partial charge is 0.312 e. The molecular formula is C15H15N5O3. The van der Waals surface area contributed by atoms with Crippen LogP contribution in [0.2, 0.25) is 0 Å². The van der Waals surface area contributed by atoms with Crippen molar-refractivity contribution in [2.75, 3.05) is 0 Å². The van der Waals surface area contributed by atoms with Gasteiger partial charge in [0.15, 0.2) is 0 Å². The number of hydrogen-bond acceptors (Lipinski definition) is 5. The van der Waals surface area contributed by atoms with Crippen LogP contribution in [0, 0.1) is 24.0 Å². The first-order valence-electron chi connectivity index (χ1n) is 7.03. The Kier molecular flexibility index (Phi) is 3.44. The van der Waals surface area contributed by atoms with E-state index in [-0.39, 0.29) is 17.8 Å². The zero-order valence-corrected chi connectivity index (χ0v) is 13.0. The zero-order valence-electron chi connectivity index (χ0n) is 13.0. The van der Waals surface area contributed by atoms with Gasteiger partial charge in [-0.25, -0.2) is 4.98 Å². The van der Waals surface area contributed by atoms with Crippen LogP contribution in [0.15, 0.2) is 29.1 Å². The van der Waals surface area contributed by atoms with Crippen LogP contribution in [0.25, 0.3) is 10.9 Å². The lowest BCUT2D eigenvalue weighted by Crippen LogP contribution is -2.24. The highest BCUT2D eigenvalue weighted by molar-refractivity contribution is 5.77. The fraction of sp³-hybridized carbons (Fsp3) is 0.267. The van der Waals surface area contributed by atoms with Crippen molar-refractivity contribution in [1.82, 2.24) is 19.3 Å². The highest BCUT2D eigenvalue weighted by Crippen LogP contribution is 2.22. The molecule has 2 heterocycles. The maximum Gasteiger partial charge on any atom is 0.312 e. The number of para-hydroxylation sites is 1. The van der Waals surface area contributed by atoms with Crippen LogP contribution < -0.4 is 5.56 Å². The molecule has 0 saturated heterocycles. The quantitative estimate of drug-likeness (QED) is 0.541. The summed E-state index contributed by atoms with van der Waals surface area (Å²) in [6.07, 6.45) is 0. The Morgan fingerprint density at radius 2 is 1.96 bits per heavy atom. The molecule has 3 aromatic rings. The molecule has 0 aliphatic carbocycles. The maximum atomic E-state index is 12.4. The number of benzene rings is 1. The van der Waals surface area contributed by atoms with Crippen LogP contribution in [-0.2, 0) is 13.6 Å². The first kappa shape index (κ1) is 14.9. The van der Waals surface area contributed by atoms with E-state index in [0.717, 1.165) is 0 Å². The van der Waals surface area contributed by atoms with Crippen LogP contribution in [0.3, 0.4) is 0 Å². The molecule has 118 valence electrons. The van der Waals surface area contributed by atoms with Crippen LogP contribution in [-0.4, -0.2) is 24.3 Å². The molecule has 0 amide bonds. The Bertz CT molecular complexity index is 987. The summed E-state index contributed by atoms with van der Waals surface area (Å²) in [6.45, 7) is 3.42. The smallest absolute Gasteiger partial charge is 0.298 e. The van der Waals surface area contributed by atoms with Crippen molar-refractivity contribution in [1.29, 1.82) is 0 Å². The van der Waals surface area contributed by atoms with Gasteiger partial charge in [-0.05, 0) is 26.0 Å². The Morgan fingerprint density at radius 3 is 2.61 bits per heavy atom. The van der Waals surface area contributed by atoms with Crippen molar-refractivity contribution >= 4 is 16.6 Å². The van der Waals surface area contributed by atoms with E-state index in [1.165, 1.54) is 9.25 Å². The summed E-state index contributed by atoms with van der Waals surface area (Å²) in [4.78, 5) is 27.5. The van der Waals surface area contributed by atoms with Crippen LogP contribution in [0.4, 0.5) is 5.69 Å². The number of aromatic nitrogens is 4. The molecule has 0 atom stereocenters. The fourth-order valence-electron chi connectivity index (χ4n) is 2.64. The molecule has 23 heavy (non-hydrogen) atoms. The highest BCUT2D eigenvalue weighted by atomic mass is 16.6. The minimum atomic E-state index is -0.443. The second kappa shape index (κ2) is 5.31. The average molecular weight is 313 g/mol. The normalized spacial score (nSPS) is 11.1. The van der Waals surface area contributed by atoms with Gasteiger partial charge < -0.3 is 0 Å². The predicted octanol–water partition coefficient (Wildman–Crippen LogP) is 1.70. The van der Waals surface area contributed by atoms with E-state index in [1.54, 1.807) is 39.1 Å². The molecule has 0 aliphatic rings. The van der Waals surface area contributed by atoms with Gasteiger partial charge in [-0.15, -0.1) is 0 Å². The molecule has 0 aliphatic heterocycles. The average Bonchev–Trinajstić information content (AvgIpc) is 2.78. The van der Waals surface area contributed by atoms with Crippen LogP contribution >= 0.6 is 0 Å².